The Morgan fingerprint density at radius 1 is 1.18 bits per heavy atom. The molecular formula is C20H20ClN3O4. The van der Waals surface area contributed by atoms with Gasteiger partial charge in [0.2, 0.25) is 5.91 Å². The van der Waals surface area contributed by atoms with Gasteiger partial charge in [-0.25, -0.2) is 0 Å². The van der Waals surface area contributed by atoms with E-state index in [2.05, 4.69) is 5.32 Å². The fraction of sp³-hybridized carbons (Fsp3) is 0.300. The van der Waals surface area contributed by atoms with Crippen molar-refractivity contribution in [2.45, 2.75) is 27.2 Å². The third kappa shape index (κ3) is 3.84. The molecule has 2 aromatic rings. The van der Waals surface area contributed by atoms with Gasteiger partial charge in [0.05, 0.1) is 15.5 Å². The van der Waals surface area contributed by atoms with Crippen LogP contribution in [0.4, 0.5) is 17.1 Å². The Bertz CT molecular complexity index is 982. The SMILES string of the molecule is CC(C)(C)C(=O)N1CCc2cc(NC(=O)c3cc([N+](=O)[O-])ccc3Cl)ccc21. The number of nitrogens with zero attached hydrogens (tertiary/aromatic N) is 2. The van der Waals surface area contributed by atoms with Crippen LogP contribution in [0.25, 0.3) is 0 Å². The fourth-order valence-corrected chi connectivity index (χ4v) is 3.30. The summed E-state index contributed by atoms with van der Waals surface area (Å²) in [5.41, 5.74) is 1.68. The van der Waals surface area contributed by atoms with Crippen molar-refractivity contribution in [1.29, 1.82) is 0 Å². The van der Waals surface area contributed by atoms with E-state index in [-0.39, 0.29) is 22.2 Å². The number of anilines is 2. The lowest BCUT2D eigenvalue weighted by Crippen LogP contribution is -2.38. The molecule has 1 aliphatic heterocycles. The Morgan fingerprint density at radius 2 is 1.89 bits per heavy atom. The molecule has 0 radical (unpaired) electrons. The largest absolute Gasteiger partial charge is 0.322 e. The molecule has 28 heavy (non-hydrogen) atoms. The summed E-state index contributed by atoms with van der Waals surface area (Å²) in [6, 6.07) is 9.04. The molecule has 0 bridgehead atoms. The maximum atomic E-state index is 12.6. The van der Waals surface area contributed by atoms with Crippen molar-refractivity contribution >= 4 is 40.5 Å². The van der Waals surface area contributed by atoms with Crippen LogP contribution in [0, 0.1) is 15.5 Å². The van der Waals surface area contributed by atoms with E-state index < -0.39 is 16.2 Å². The number of fused-ring (bicyclic) bond motifs is 1. The molecule has 1 heterocycles. The van der Waals surface area contributed by atoms with Crippen molar-refractivity contribution in [2.75, 3.05) is 16.8 Å². The van der Waals surface area contributed by atoms with E-state index in [1.807, 2.05) is 26.8 Å². The quantitative estimate of drug-likeness (QED) is 0.608. The summed E-state index contributed by atoms with van der Waals surface area (Å²) in [5, 5.41) is 13.8. The minimum Gasteiger partial charge on any atom is -0.322 e. The van der Waals surface area contributed by atoms with E-state index in [0.717, 1.165) is 17.3 Å². The first-order valence-corrected chi connectivity index (χ1v) is 9.16. The van der Waals surface area contributed by atoms with Gasteiger partial charge >= 0.3 is 0 Å². The minimum atomic E-state index is -0.580. The lowest BCUT2D eigenvalue weighted by molar-refractivity contribution is -0.384. The number of hydrogen-bond acceptors (Lipinski definition) is 4. The Balaban J connectivity index is 1.82. The van der Waals surface area contributed by atoms with Crippen molar-refractivity contribution in [2.24, 2.45) is 5.41 Å². The van der Waals surface area contributed by atoms with Crippen LogP contribution in [-0.2, 0) is 11.2 Å². The molecule has 0 saturated heterocycles. The number of hydrogen-bond donors (Lipinski definition) is 1. The highest BCUT2D eigenvalue weighted by Gasteiger charge is 2.32. The second-order valence-electron chi connectivity index (χ2n) is 7.68. The zero-order chi connectivity index (χ0) is 20.6. The minimum absolute atomic E-state index is 0.0286. The molecule has 8 heteroatoms. The number of carbonyl (C=O) groups is 2. The number of amides is 2. The van der Waals surface area contributed by atoms with Crippen LogP contribution in [0.15, 0.2) is 36.4 Å². The zero-order valence-electron chi connectivity index (χ0n) is 15.8. The van der Waals surface area contributed by atoms with E-state index >= 15 is 0 Å². The Hall–Kier alpha value is -2.93. The van der Waals surface area contributed by atoms with Crippen molar-refractivity contribution in [3.05, 3.63) is 62.7 Å². The molecule has 0 unspecified atom stereocenters. The summed E-state index contributed by atoms with van der Waals surface area (Å²) >= 11 is 6.02. The molecule has 1 N–H and O–H groups in total. The van der Waals surface area contributed by atoms with Crippen LogP contribution in [0.5, 0.6) is 0 Å². The molecule has 146 valence electrons. The predicted molar refractivity (Wildman–Crippen MR) is 108 cm³/mol. The first-order chi connectivity index (χ1) is 13.1. The molecule has 7 nitrogen and oxygen atoms in total. The van der Waals surface area contributed by atoms with Crippen LogP contribution in [-0.4, -0.2) is 23.3 Å². The number of halogens is 1. The van der Waals surface area contributed by atoms with Gasteiger partial charge in [0.25, 0.3) is 11.6 Å². The predicted octanol–water partition coefficient (Wildman–Crippen LogP) is 4.44. The molecule has 2 aromatic carbocycles. The summed E-state index contributed by atoms with van der Waals surface area (Å²) in [5.74, 6) is -0.485. The van der Waals surface area contributed by atoms with Crippen LogP contribution in [0.2, 0.25) is 5.02 Å². The molecule has 0 aromatic heterocycles. The molecule has 0 saturated carbocycles. The highest BCUT2D eigenvalue weighted by atomic mass is 35.5. The van der Waals surface area contributed by atoms with Gasteiger partial charge < -0.3 is 10.2 Å². The molecular weight excluding hydrogens is 382 g/mol. The zero-order valence-corrected chi connectivity index (χ0v) is 16.5. The van der Waals surface area contributed by atoms with E-state index in [1.165, 1.54) is 12.1 Å². The number of carbonyl (C=O) groups excluding carboxylic acids is 2. The monoisotopic (exact) mass is 401 g/mol. The first-order valence-electron chi connectivity index (χ1n) is 8.78. The summed E-state index contributed by atoms with van der Waals surface area (Å²) in [7, 11) is 0. The van der Waals surface area contributed by atoms with Crippen LogP contribution < -0.4 is 10.2 Å². The number of non-ortho nitro benzene ring substituents is 1. The molecule has 0 atom stereocenters. The summed E-state index contributed by atoms with van der Waals surface area (Å²) in [6.45, 7) is 6.24. The van der Waals surface area contributed by atoms with E-state index in [9.17, 15) is 19.7 Å². The number of benzene rings is 2. The van der Waals surface area contributed by atoms with Gasteiger partial charge in [-0.1, -0.05) is 32.4 Å². The van der Waals surface area contributed by atoms with Gasteiger partial charge in [0, 0.05) is 35.5 Å². The molecule has 3 rings (SSSR count). The van der Waals surface area contributed by atoms with Gasteiger partial charge in [-0.15, -0.1) is 0 Å². The van der Waals surface area contributed by atoms with Crippen LogP contribution in [0.3, 0.4) is 0 Å². The van der Waals surface area contributed by atoms with Gasteiger partial charge in [0.15, 0.2) is 0 Å². The van der Waals surface area contributed by atoms with Crippen molar-refractivity contribution < 1.29 is 14.5 Å². The first kappa shape index (κ1) is 19.8. The average molecular weight is 402 g/mol. The highest BCUT2D eigenvalue weighted by Crippen LogP contribution is 2.34. The van der Waals surface area contributed by atoms with Gasteiger partial charge in [0.1, 0.15) is 0 Å². The van der Waals surface area contributed by atoms with Crippen LogP contribution >= 0.6 is 11.6 Å². The number of nitro groups is 1. The number of nitrogens with one attached hydrogen (secondary N) is 1. The molecule has 2 amide bonds. The smallest absolute Gasteiger partial charge is 0.270 e. The van der Waals surface area contributed by atoms with Crippen LogP contribution in [0.1, 0.15) is 36.7 Å². The third-order valence-electron chi connectivity index (χ3n) is 4.53. The Labute approximate surface area is 167 Å². The summed E-state index contributed by atoms with van der Waals surface area (Å²) in [6.07, 6.45) is 0.693. The average Bonchev–Trinajstić information content (AvgIpc) is 3.03. The lowest BCUT2D eigenvalue weighted by Gasteiger charge is -2.26. The Morgan fingerprint density at radius 3 is 2.54 bits per heavy atom. The summed E-state index contributed by atoms with van der Waals surface area (Å²) < 4.78 is 0. The Kier molecular flexibility index (Phi) is 5.12. The van der Waals surface area contributed by atoms with Crippen molar-refractivity contribution in [3.63, 3.8) is 0 Å². The second kappa shape index (κ2) is 7.24. The molecule has 0 aliphatic carbocycles. The standard InChI is InChI=1S/C20H20ClN3O4/c1-20(2,3)19(26)23-9-8-12-10-13(4-7-17(12)23)22-18(25)15-11-14(24(27)28)5-6-16(15)21/h4-7,10-11H,8-9H2,1-3H3,(H,22,25). The lowest BCUT2D eigenvalue weighted by atomic mass is 9.94. The van der Waals surface area contributed by atoms with Crippen molar-refractivity contribution in [1.82, 2.24) is 0 Å². The maximum absolute atomic E-state index is 12.6. The van der Waals surface area contributed by atoms with E-state index in [0.29, 0.717) is 18.7 Å². The third-order valence-corrected chi connectivity index (χ3v) is 4.85. The van der Waals surface area contributed by atoms with Crippen molar-refractivity contribution in [3.8, 4) is 0 Å². The van der Waals surface area contributed by atoms with E-state index in [1.54, 1.807) is 17.0 Å². The second-order valence-corrected chi connectivity index (χ2v) is 8.08. The van der Waals surface area contributed by atoms with Gasteiger partial charge in [-0.05, 0) is 36.2 Å². The highest BCUT2D eigenvalue weighted by molar-refractivity contribution is 6.34. The maximum Gasteiger partial charge on any atom is 0.270 e. The van der Waals surface area contributed by atoms with Gasteiger partial charge in [-0.3, -0.25) is 19.7 Å². The molecule has 1 aliphatic rings. The fourth-order valence-electron chi connectivity index (χ4n) is 3.09. The number of nitro benzene ring substituents is 1. The van der Waals surface area contributed by atoms with E-state index in [4.69, 9.17) is 11.6 Å². The molecule has 0 fully saturated rings. The normalized spacial score (nSPS) is 13.2. The van der Waals surface area contributed by atoms with Gasteiger partial charge in [-0.2, -0.15) is 0 Å². The number of rotatable bonds is 3. The molecule has 0 spiro atoms. The summed E-state index contributed by atoms with van der Waals surface area (Å²) in [4.78, 5) is 37.2. The topological polar surface area (TPSA) is 92.6 Å².